The summed E-state index contributed by atoms with van der Waals surface area (Å²) < 4.78 is 6.15. The van der Waals surface area contributed by atoms with Crippen molar-refractivity contribution in [2.75, 3.05) is 33.2 Å². The van der Waals surface area contributed by atoms with Gasteiger partial charge in [0.1, 0.15) is 0 Å². The normalized spacial score (nSPS) is 21.2. The predicted octanol–water partition coefficient (Wildman–Crippen LogP) is 1.88. The molecule has 1 saturated heterocycles. The molecule has 1 rings (SSSR count). The molecule has 0 aromatic heterocycles. The first-order valence-electron chi connectivity index (χ1n) is 6.81. The molecule has 0 bridgehead atoms. The van der Waals surface area contributed by atoms with Crippen LogP contribution in [0.15, 0.2) is 0 Å². The zero-order valence-corrected chi connectivity index (χ0v) is 11.2. The number of ether oxygens (including phenoxy) is 1. The van der Waals surface area contributed by atoms with Gasteiger partial charge in [-0.2, -0.15) is 0 Å². The van der Waals surface area contributed by atoms with Crippen LogP contribution in [-0.2, 0) is 4.74 Å². The predicted molar refractivity (Wildman–Crippen MR) is 68.8 cm³/mol. The summed E-state index contributed by atoms with van der Waals surface area (Å²) in [5.74, 6) is 0. The van der Waals surface area contributed by atoms with Gasteiger partial charge in [0.2, 0.25) is 0 Å². The van der Waals surface area contributed by atoms with Gasteiger partial charge in [0.15, 0.2) is 0 Å². The highest BCUT2D eigenvalue weighted by molar-refractivity contribution is 4.72. The van der Waals surface area contributed by atoms with E-state index in [4.69, 9.17) is 4.74 Å². The fourth-order valence-electron chi connectivity index (χ4n) is 2.12. The second-order valence-corrected chi connectivity index (χ2v) is 4.87. The van der Waals surface area contributed by atoms with E-state index >= 15 is 0 Å². The van der Waals surface area contributed by atoms with Gasteiger partial charge in [0, 0.05) is 19.6 Å². The van der Waals surface area contributed by atoms with Crippen LogP contribution in [0.25, 0.3) is 0 Å². The Kier molecular flexibility index (Phi) is 7.01. The van der Waals surface area contributed by atoms with Crippen LogP contribution in [0.3, 0.4) is 0 Å². The van der Waals surface area contributed by atoms with Gasteiger partial charge in [-0.3, -0.25) is 0 Å². The van der Waals surface area contributed by atoms with Crippen LogP contribution < -0.4 is 5.32 Å². The molecule has 0 saturated carbocycles. The van der Waals surface area contributed by atoms with Gasteiger partial charge < -0.3 is 15.0 Å². The van der Waals surface area contributed by atoms with Crippen LogP contribution >= 0.6 is 0 Å². The summed E-state index contributed by atoms with van der Waals surface area (Å²) in [5.41, 5.74) is 0. The summed E-state index contributed by atoms with van der Waals surface area (Å²) in [6.07, 6.45) is 5.60. The SMILES string of the molecule is CCCNCC(CC)OC1CCN(C)CC1. The van der Waals surface area contributed by atoms with E-state index in [1.807, 2.05) is 0 Å². The lowest BCUT2D eigenvalue weighted by molar-refractivity contribution is -0.0397. The van der Waals surface area contributed by atoms with E-state index in [1.54, 1.807) is 0 Å². The van der Waals surface area contributed by atoms with Crippen LogP contribution in [0.4, 0.5) is 0 Å². The number of hydrogen-bond donors (Lipinski definition) is 1. The smallest absolute Gasteiger partial charge is 0.0700 e. The molecule has 3 nitrogen and oxygen atoms in total. The molecule has 16 heavy (non-hydrogen) atoms. The minimum absolute atomic E-state index is 0.403. The van der Waals surface area contributed by atoms with Crippen molar-refractivity contribution in [2.45, 2.75) is 51.7 Å². The summed E-state index contributed by atoms with van der Waals surface area (Å²) in [6.45, 7) is 8.90. The average Bonchev–Trinajstić information content (AvgIpc) is 2.31. The molecule has 0 aliphatic carbocycles. The first-order chi connectivity index (χ1) is 7.76. The third-order valence-corrected chi connectivity index (χ3v) is 3.30. The highest BCUT2D eigenvalue weighted by atomic mass is 16.5. The molecule has 96 valence electrons. The van der Waals surface area contributed by atoms with Gasteiger partial charge in [0.05, 0.1) is 12.2 Å². The fourth-order valence-corrected chi connectivity index (χ4v) is 2.12. The molecule has 0 radical (unpaired) electrons. The third-order valence-electron chi connectivity index (χ3n) is 3.30. The lowest BCUT2D eigenvalue weighted by Gasteiger charge is -2.31. The lowest BCUT2D eigenvalue weighted by Crippen LogP contribution is -2.38. The third kappa shape index (κ3) is 5.28. The molecule has 0 amide bonds. The topological polar surface area (TPSA) is 24.5 Å². The van der Waals surface area contributed by atoms with Gasteiger partial charge >= 0.3 is 0 Å². The van der Waals surface area contributed by atoms with E-state index in [2.05, 4.69) is 31.1 Å². The van der Waals surface area contributed by atoms with Crippen molar-refractivity contribution in [3.05, 3.63) is 0 Å². The van der Waals surface area contributed by atoms with Crippen molar-refractivity contribution >= 4 is 0 Å². The molecule has 1 heterocycles. The maximum atomic E-state index is 6.15. The van der Waals surface area contributed by atoms with E-state index in [1.165, 1.54) is 32.4 Å². The summed E-state index contributed by atoms with van der Waals surface area (Å²) >= 11 is 0. The Balaban J connectivity index is 2.16. The van der Waals surface area contributed by atoms with Crippen LogP contribution in [0.5, 0.6) is 0 Å². The molecular weight excluding hydrogens is 200 g/mol. The number of nitrogens with one attached hydrogen (secondary N) is 1. The van der Waals surface area contributed by atoms with Gasteiger partial charge in [-0.05, 0) is 39.3 Å². The van der Waals surface area contributed by atoms with Crippen molar-refractivity contribution in [3.63, 3.8) is 0 Å². The molecule has 0 spiro atoms. The summed E-state index contributed by atoms with van der Waals surface area (Å²) in [6, 6.07) is 0. The molecule has 0 aromatic carbocycles. The number of rotatable bonds is 7. The van der Waals surface area contributed by atoms with Crippen molar-refractivity contribution < 1.29 is 4.74 Å². The maximum absolute atomic E-state index is 6.15. The Morgan fingerprint density at radius 1 is 1.31 bits per heavy atom. The molecule has 1 aliphatic heterocycles. The number of nitrogens with zero attached hydrogens (tertiary/aromatic N) is 1. The molecule has 1 N–H and O–H groups in total. The standard InChI is InChI=1S/C13H28N2O/c1-4-8-14-11-12(5-2)16-13-6-9-15(3)10-7-13/h12-14H,4-11H2,1-3H3. The zero-order chi connectivity index (χ0) is 11.8. The molecule has 3 heteroatoms. The van der Waals surface area contributed by atoms with Gasteiger partial charge in [-0.1, -0.05) is 13.8 Å². The van der Waals surface area contributed by atoms with Gasteiger partial charge in [-0.25, -0.2) is 0 Å². The average molecular weight is 228 g/mol. The van der Waals surface area contributed by atoms with E-state index in [9.17, 15) is 0 Å². The molecule has 1 atom stereocenters. The van der Waals surface area contributed by atoms with Gasteiger partial charge in [0.25, 0.3) is 0 Å². The van der Waals surface area contributed by atoms with Crippen molar-refractivity contribution in [1.82, 2.24) is 10.2 Å². The number of likely N-dealkylation sites (tertiary alicyclic amines) is 1. The largest absolute Gasteiger partial charge is 0.374 e. The summed E-state index contributed by atoms with van der Waals surface area (Å²) in [4.78, 5) is 2.39. The summed E-state index contributed by atoms with van der Waals surface area (Å²) in [5, 5.41) is 3.45. The Hall–Kier alpha value is -0.120. The molecule has 1 aliphatic rings. The molecule has 0 aromatic rings. The monoisotopic (exact) mass is 228 g/mol. The van der Waals surface area contributed by atoms with E-state index < -0.39 is 0 Å². The quantitative estimate of drug-likeness (QED) is 0.673. The van der Waals surface area contributed by atoms with Crippen LogP contribution in [0.2, 0.25) is 0 Å². The lowest BCUT2D eigenvalue weighted by atomic mass is 10.1. The Morgan fingerprint density at radius 3 is 2.56 bits per heavy atom. The first kappa shape index (κ1) is 13.9. The first-order valence-corrected chi connectivity index (χ1v) is 6.81. The highest BCUT2D eigenvalue weighted by Crippen LogP contribution is 2.15. The van der Waals surface area contributed by atoms with Crippen LogP contribution in [0, 0.1) is 0 Å². The second kappa shape index (κ2) is 8.04. The number of piperidine rings is 1. The Morgan fingerprint density at radius 2 is 2.00 bits per heavy atom. The molecular formula is C13H28N2O. The molecule has 1 unspecified atom stereocenters. The Labute approximate surface area is 101 Å². The van der Waals surface area contributed by atoms with E-state index in [0.717, 1.165) is 19.5 Å². The van der Waals surface area contributed by atoms with Crippen molar-refractivity contribution in [1.29, 1.82) is 0 Å². The zero-order valence-electron chi connectivity index (χ0n) is 11.2. The van der Waals surface area contributed by atoms with Crippen molar-refractivity contribution in [2.24, 2.45) is 0 Å². The molecule has 1 fully saturated rings. The van der Waals surface area contributed by atoms with E-state index in [-0.39, 0.29) is 0 Å². The van der Waals surface area contributed by atoms with Crippen LogP contribution in [-0.4, -0.2) is 50.3 Å². The van der Waals surface area contributed by atoms with E-state index in [0.29, 0.717) is 12.2 Å². The summed E-state index contributed by atoms with van der Waals surface area (Å²) in [7, 11) is 2.19. The Bertz CT molecular complexity index is 167. The maximum Gasteiger partial charge on any atom is 0.0700 e. The van der Waals surface area contributed by atoms with Gasteiger partial charge in [-0.15, -0.1) is 0 Å². The van der Waals surface area contributed by atoms with Crippen LogP contribution in [0.1, 0.15) is 39.5 Å². The minimum Gasteiger partial charge on any atom is -0.374 e. The minimum atomic E-state index is 0.403. The fraction of sp³-hybridized carbons (Fsp3) is 1.00. The highest BCUT2D eigenvalue weighted by Gasteiger charge is 2.20. The van der Waals surface area contributed by atoms with Crippen molar-refractivity contribution in [3.8, 4) is 0 Å². The second-order valence-electron chi connectivity index (χ2n) is 4.87. The number of hydrogen-bond acceptors (Lipinski definition) is 3.